The van der Waals surface area contributed by atoms with Crippen LogP contribution < -0.4 is 4.90 Å². The van der Waals surface area contributed by atoms with E-state index < -0.39 is 0 Å². The van der Waals surface area contributed by atoms with E-state index in [1.165, 1.54) is 0 Å². The number of piperazine rings is 1. The minimum absolute atomic E-state index is 0.0448. The summed E-state index contributed by atoms with van der Waals surface area (Å²) in [6, 6.07) is 7.19. The number of anilines is 1. The molecule has 0 unspecified atom stereocenters. The zero-order valence-corrected chi connectivity index (χ0v) is 15.9. The maximum absolute atomic E-state index is 12.7. The van der Waals surface area contributed by atoms with Crippen LogP contribution in [-0.2, 0) is 16.1 Å². The first kappa shape index (κ1) is 18.4. The van der Waals surface area contributed by atoms with Gasteiger partial charge in [0.2, 0.25) is 11.8 Å². The number of rotatable bonds is 4. The Bertz CT molecular complexity index is 835. The highest BCUT2D eigenvalue weighted by Gasteiger charge is 2.30. The van der Waals surface area contributed by atoms with Gasteiger partial charge in [-0.15, -0.1) is 0 Å². The molecule has 3 rings (SSSR count). The third-order valence-electron chi connectivity index (χ3n) is 4.48. The van der Waals surface area contributed by atoms with Crippen molar-refractivity contribution in [2.45, 2.75) is 27.3 Å². The topological polar surface area (TPSA) is 71.3 Å². The highest BCUT2D eigenvalue weighted by atomic mass is 35.5. The summed E-state index contributed by atoms with van der Waals surface area (Å²) >= 11 is 6.01. The lowest BCUT2D eigenvalue weighted by Crippen LogP contribution is -2.53. The van der Waals surface area contributed by atoms with Gasteiger partial charge < -0.3 is 9.80 Å². The Hall–Kier alpha value is -2.41. The van der Waals surface area contributed by atoms with Crippen LogP contribution in [0.15, 0.2) is 24.3 Å². The molecule has 0 bridgehead atoms. The molecule has 1 aliphatic rings. The van der Waals surface area contributed by atoms with E-state index in [2.05, 4.69) is 10.1 Å². The summed E-state index contributed by atoms with van der Waals surface area (Å²) in [5, 5.41) is 4.88. The highest BCUT2D eigenvalue weighted by Crippen LogP contribution is 2.22. The summed E-state index contributed by atoms with van der Waals surface area (Å²) in [6.07, 6.45) is 0. The minimum atomic E-state index is -0.277. The zero-order valence-electron chi connectivity index (χ0n) is 15.1. The van der Waals surface area contributed by atoms with Crippen molar-refractivity contribution >= 4 is 29.1 Å². The van der Waals surface area contributed by atoms with Gasteiger partial charge in [0.15, 0.2) is 0 Å². The Kier molecular flexibility index (Phi) is 5.27. The second-order valence-electron chi connectivity index (χ2n) is 6.57. The van der Waals surface area contributed by atoms with Crippen molar-refractivity contribution in [2.75, 3.05) is 24.5 Å². The minimum Gasteiger partial charge on any atom is -0.331 e. The van der Waals surface area contributed by atoms with Gasteiger partial charge in [-0.05, 0) is 32.0 Å². The van der Waals surface area contributed by atoms with Gasteiger partial charge in [0.1, 0.15) is 18.2 Å². The van der Waals surface area contributed by atoms with Crippen LogP contribution in [-0.4, -0.2) is 51.1 Å². The molecule has 1 aliphatic heterocycles. The molecule has 138 valence electrons. The molecule has 0 saturated carbocycles. The second kappa shape index (κ2) is 7.45. The van der Waals surface area contributed by atoms with Crippen LogP contribution in [0.4, 0.5) is 5.69 Å². The number of aromatic nitrogens is 3. The van der Waals surface area contributed by atoms with Crippen LogP contribution in [0.25, 0.3) is 0 Å². The van der Waals surface area contributed by atoms with Crippen LogP contribution in [0.3, 0.4) is 0 Å². The van der Waals surface area contributed by atoms with Crippen LogP contribution in [0, 0.1) is 19.8 Å². The first-order valence-electron chi connectivity index (χ1n) is 8.58. The second-order valence-corrected chi connectivity index (χ2v) is 7.01. The predicted molar refractivity (Wildman–Crippen MR) is 99.0 cm³/mol. The van der Waals surface area contributed by atoms with Gasteiger partial charge in [-0.2, -0.15) is 5.10 Å². The molecule has 1 aromatic carbocycles. The Morgan fingerprint density at radius 3 is 2.69 bits per heavy atom. The number of carbonyl (C=O) groups is 2. The van der Waals surface area contributed by atoms with Crippen LogP contribution in [0.1, 0.15) is 18.6 Å². The van der Waals surface area contributed by atoms with Gasteiger partial charge in [0.25, 0.3) is 0 Å². The normalized spacial score (nSPS) is 16.1. The summed E-state index contributed by atoms with van der Waals surface area (Å²) in [6.45, 7) is 7.02. The molecule has 7 nitrogen and oxygen atoms in total. The number of benzene rings is 1. The van der Waals surface area contributed by atoms with Crippen molar-refractivity contribution in [2.24, 2.45) is 5.92 Å². The summed E-state index contributed by atoms with van der Waals surface area (Å²) in [5.41, 5.74) is 0.761. The van der Waals surface area contributed by atoms with Crippen molar-refractivity contribution in [1.29, 1.82) is 0 Å². The molecule has 0 aliphatic carbocycles. The van der Waals surface area contributed by atoms with Gasteiger partial charge in [-0.3, -0.25) is 9.59 Å². The molecular formula is C18H22ClN5O2. The average Bonchev–Trinajstić information content (AvgIpc) is 2.91. The molecule has 0 spiro atoms. The van der Waals surface area contributed by atoms with Gasteiger partial charge in [0, 0.05) is 23.8 Å². The monoisotopic (exact) mass is 375 g/mol. The molecule has 2 amide bonds. The lowest BCUT2D eigenvalue weighted by molar-refractivity contribution is -0.140. The molecule has 1 aromatic heterocycles. The smallest absolute Gasteiger partial charge is 0.246 e. The first-order valence-corrected chi connectivity index (χ1v) is 8.95. The fraction of sp³-hybridized carbons (Fsp3) is 0.444. The third-order valence-corrected chi connectivity index (χ3v) is 4.72. The largest absolute Gasteiger partial charge is 0.331 e. The quantitative estimate of drug-likeness (QED) is 0.820. The maximum Gasteiger partial charge on any atom is 0.246 e. The molecule has 1 saturated heterocycles. The van der Waals surface area contributed by atoms with Gasteiger partial charge >= 0.3 is 0 Å². The van der Waals surface area contributed by atoms with Crippen molar-refractivity contribution in [3.05, 3.63) is 40.9 Å². The molecule has 2 aromatic rings. The number of nitrogens with zero attached hydrogens (tertiary/aromatic N) is 5. The first-order chi connectivity index (χ1) is 12.3. The maximum atomic E-state index is 12.7. The van der Waals surface area contributed by atoms with E-state index in [4.69, 9.17) is 11.6 Å². The molecule has 0 N–H and O–H groups in total. The predicted octanol–water partition coefficient (Wildman–Crippen LogP) is 2.06. The van der Waals surface area contributed by atoms with E-state index in [0.29, 0.717) is 30.5 Å². The number of amides is 2. The van der Waals surface area contributed by atoms with Crippen molar-refractivity contribution in [1.82, 2.24) is 19.7 Å². The van der Waals surface area contributed by atoms with E-state index in [9.17, 15) is 9.59 Å². The Labute approximate surface area is 157 Å². The van der Waals surface area contributed by atoms with Crippen molar-refractivity contribution in [3.8, 4) is 0 Å². The molecule has 2 heterocycles. The standard InChI is InChI=1S/C18H22ClN5O2/c1-12(10-24-14(3)20-13(2)21-24)18(26)22-7-8-23(17(25)11-22)16-6-4-5-15(19)9-16/h4-6,9,12H,7-8,10-11H2,1-3H3/t12-/m0/s1. The van der Waals surface area contributed by atoms with Gasteiger partial charge in [-0.25, -0.2) is 9.67 Å². The highest BCUT2D eigenvalue weighted by molar-refractivity contribution is 6.30. The van der Waals surface area contributed by atoms with Crippen LogP contribution >= 0.6 is 11.6 Å². The molecule has 1 fully saturated rings. The molecule has 0 radical (unpaired) electrons. The fourth-order valence-electron chi connectivity index (χ4n) is 3.16. The average molecular weight is 376 g/mol. The summed E-state index contributed by atoms with van der Waals surface area (Å²) < 4.78 is 1.74. The fourth-order valence-corrected chi connectivity index (χ4v) is 3.35. The van der Waals surface area contributed by atoms with E-state index in [1.807, 2.05) is 32.9 Å². The van der Waals surface area contributed by atoms with E-state index >= 15 is 0 Å². The molecule has 8 heteroatoms. The SMILES string of the molecule is Cc1nc(C)n(C[C@H](C)C(=O)N2CCN(c3cccc(Cl)c3)C(=O)C2)n1. The Morgan fingerprint density at radius 2 is 2.08 bits per heavy atom. The van der Waals surface area contributed by atoms with Gasteiger partial charge in [-0.1, -0.05) is 24.6 Å². The lowest BCUT2D eigenvalue weighted by atomic mass is 10.1. The molecule has 26 heavy (non-hydrogen) atoms. The van der Waals surface area contributed by atoms with E-state index in [1.54, 1.807) is 26.6 Å². The number of halogens is 1. The molecule has 1 atom stereocenters. The van der Waals surface area contributed by atoms with Crippen LogP contribution in [0.2, 0.25) is 5.02 Å². The van der Waals surface area contributed by atoms with Crippen molar-refractivity contribution in [3.63, 3.8) is 0 Å². The summed E-state index contributed by atoms with van der Waals surface area (Å²) in [5.74, 6) is 1.04. The zero-order chi connectivity index (χ0) is 18.8. The van der Waals surface area contributed by atoms with Crippen LogP contribution in [0.5, 0.6) is 0 Å². The number of carbonyl (C=O) groups excluding carboxylic acids is 2. The molecular weight excluding hydrogens is 354 g/mol. The Morgan fingerprint density at radius 1 is 1.31 bits per heavy atom. The third kappa shape index (κ3) is 3.88. The summed E-state index contributed by atoms with van der Waals surface area (Å²) in [4.78, 5) is 32.8. The number of hydrogen-bond acceptors (Lipinski definition) is 4. The number of aryl methyl sites for hydroxylation is 2. The Balaban J connectivity index is 1.63. The van der Waals surface area contributed by atoms with E-state index in [0.717, 1.165) is 11.5 Å². The summed E-state index contributed by atoms with van der Waals surface area (Å²) in [7, 11) is 0. The van der Waals surface area contributed by atoms with E-state index in [-0.39, 0.29) is 24.3 Å². The number of hydrogen-bond donors (Lipinski definition) is 0. The van der Waals surface area contributed by atoms with Crippen molar-refractivity contribution < 1.29 is 9.59 Å². The lowest BCUT2D eigenvalue weighted by Gasteiger charge is -2.35. The van der Waals surface area contributed by atoms with Gasteiger partial charge in [0.05, 0.1) is 12.5 Å².